The standard InChI is InChI=1S/C14H21NO3/c1-4-15(5-2)13(14(16)17)11-7-9-12(10-8-11)18-6-3/h7-10,13H,4-6H2,1-3H3,(H,16,17). The van der Waals surface area contributed by atoms with Crippen molar-refractivity contribution in [1.29, 1.82) is 0 Å². The number of hydrogen-bond donors (Lipinski definition) is 1. The number of ether oxygens (including phenoxy) is 1. The molecular weight excluding hydrogens is 230 g/mol. The molecule has 0 aliphatic heterocycles. The van der Waals surface area contributed by atoms with E-state index in [1.165, 1.54) is 0 Å². The second-order valence-electron chi connectivity index (χ2n) is 3.96. The lowest BCUT2D eigenvalue weighted by atomic mass is 10.1. The first-order valence-electron chi connectivity index (χ1n) is 6.33. The zero-order valence-electron chi connectivity index (χ0n) is 11.2. The lowest BCUT2D eigenvalue weighted by Crippen LogP contribution is -2.33. The van der Waals surface area contributed by atoms with Gasteiger partial charge in [-0.15, -0.1) is 0 Å². The predicted octanol–water partition coefficient (Wildman–Crippen LogP) is 2.55. The fourth-order valence-corrected chi connectivity index (χ4v) is 2.01. The van der Waals surface area contributed by atoms with Gasteiger partial charge in [0.05, 0.1) is 6.61 Å². The molecule has 0 fully saturated rings. The van der Waals surface area contributed by atoms with Crippen LogP contribution in [0.4, 0.5) is 0 Å². The van der Waals surface area contributed by atoms with E-state index in [-0.39, 0.29) is 0 Å². The molecule has 0 saturated carbocycles. The molecule has 0 aliphatic rings. The smallest absolute Gasteiger partial charge is 0.325 e. The Morgan fingerprint density at radius 3 is 2.17 bits per heavy atom. The number of likely N-dealkylation sites (N-methyl/N-ethyl adjacent to an activating group) is 1. The maximum Gasteiger partial charge on any atom is 0.325 e. The van der Waals surface area contributed by atoms with Gasteiger partial charge in [-0.3, -0.25) is 9.69 Å². The lowest BCUT2D eigenvalue weighted by molar-refractivity contribution is -0.143. The van der Waals surface area contributed by atoms with Crippen molar-refractivity contribution in [3.63, 3.8) is 0 Å². The fraction of sp³-hybridized carbons (Fsp3) is 0.500. The molecule has 1 aromatic rings. The van der Waals surface area contributed by atoms with Crippen molar-refractivity contribution in [1.82, 2.24) is 4.90 Å². The number of carboxylic acids is 1. The van der Waals surface area contributed by atoms with Crippen LogP contribution in [-0.4, -0.2) is 35.7 Å². The Balaban J connectivity index is 2.95. The molecule has 0 spiro atoms. The normalized spacial score (nSPS) is 12.4. The van der Waals surface area contributed by atoms with E-state index >= 15 is 0 Å². The summed E-state index contributed by atoms with van der Waals surface area (Å²) < 4.78 is 5.35. The highest BCUT2D eigenvalue weighted by Crippen LogP contribution is 2.23. The molecule has 0 aromatic heterocycles. The number of carboxylic acid groups (broad SMARTS) is 1. The summed E-state index contributed by atoms with van der Waals surface area (Å²) in [5.41, 5.74) is 0.787. The van der Waals surface area contributed by atoms with Crippen LogP contribution in [0.15, 0.2) is 24.3 Å². The molecule has 1 unspecified atom stereocenters. The Morgan fingerprint density at radius 1 is 1.22 bits per heavy atom. The Labute approximate surface area is 108 Å². The minimum absolute atomic E-state index is 0.587. The third-order valence-electron chi connectivity index (χ3n) is 2.92. The molecule has 100 valence electrons. The largest absolute Gasteiger partial charge is 0.494 e. The number of nitrogens with zero attached hydrogens (tertiary/aromatic N) is 1. The highest BCUT2D eigenvalue weighted by molar-refractivity contribution is 5.75. The second-order valence-corrected chi connectivity index (χ2v) is 3.96. The maximum absolute atomic E-state index is 11.4. The minimum Gasteiger partial charge on any atom is -0.494 e. The second kappa shape index (κ2) is 7.01. The van der Waals surface area contributed by atoms with Gasteiger partial charge in [-0.05, 0) is 37.7 Å². The van der Waals surface area contributed by atoms with Gasteiger partial charge in [0.25, 0.3) is 0 Å². The van der Waals surface area contributed by atoms with E-state index in [2.05, 4.69) is 0 Å². The molecule has 0 amide bonds. The summed E-state index contributed by atoms with van der Waals surface area (Å²) >= 11 is 0. The summed E-state index contributed by atoms with van der Waals surface area (Å²) in [6, 6.07) is 6.69. The average Bonchev–Trinajstić information content (AvgIpc) is 2.37. The highest BCUT2D eigenvalue weighted by atomic mass is 16.5. The first-order valence-corrected chi connectivity index (χ1v) is 6.33. The van der Waals surface area contributed by atoms with Gasteiger partial charge < -0.3 is 9.84 Å². The summed E-state index contributed by atoms with van der Waals surface area (Å²) in [4.78, 5) is 13.3. The quantitative estimate of drug-likeness (QED) is 0.809. The maximum atomic E-state index is 11.4. The van der Waals surface area contributed by atoms with E-state index in [9.17, 15) is 9.90 Å². The van der Waals surface area contributed by atoms with E-state index in [4.69, 9.17) is 4.74 Å². The molecule has 0 saturated heterocycles. The Hall–Kier alpha value is -1.55. The molecule has 0 radical (unpaired) electrons. The highest BCUT2D eigenvalue weighted by Gasteiger charge is 2.25. The van der Waals surface area contributed by atoms with Gasteiger partial charge in [-0.25, -0.2) is 0 Å². The van der Waals surface area contributed by atoms with Crippen molar-refractivity contribution in [2.24, 2.45) is 0 Å². The van der Waals surface area contributed by atoms with Crippen molar-refractivity contribution in [2.75, 3.05) is 19.7 Å². The van der Waals surface area contributed by atoms with E-state index in [0.29, 0.717) is 19.7 Å². The van der Waals surface area contributed by atoms with Gasteiger partial charge in [0.15, 0.2) is 0 Å². The molecule has 0 heterocycles. The molecule has 18 heavy (non-hydrogen) atoms. The third kappa shape index (κ3) is 3.47. The molecule has 4 heteroatoms. The number of carbonyl (C=O) groups is 1. The van der Waals surface area contributed by atoms with Crippen molar-refractivity contribution < 1.29 is 14.6 Å². The Kier molecular flexibility index (Phi) is 5.65. The number of hydrogen-bond acceptors (Lipinski definition) is 3. The summed E-state index contributed by atoms with van der Waals surface area (Å²) in [5.74, 6) is -0.0483. The topological polar surface area (TPSA) is 49.8 Å². The third-order valence-corrected chi connectivity index (χ3v) is 2.92. The molecule has 4 nitrogen and oxygen atoms in total. The van der Waals surface area contributed by atoms with E-state index in [1.54, 1.807) is 0 Å². The van der Waals surface area contributed by atoms with Gasteiger partial charge in [0.1, 0.15) is 11.8 Å². The van der Waals surface area contributed by atoms with Crippen LogP contribution < -0.4 is 4.74 Å². The summed E-state index contributed by atoms with van der Waals surface area (Å²) in [6.07, 6.45) is 0. The number of rotatable bonds is 7. The monoisotopic (exact) mass is 251 g/mol. The van der Waals surface area contributed by atoms with Crippen molar-refractivity contribution >= 4 is 5.97 Å². The summed E-state index contributed by atoms with van der Waals surface area (Å²) in [7, 11) is 0. The van der Waals surface area contributed by atoms with Crippen LogP contribution in [0.2, 0.25) is 0 Å². The van der Waals surface area contributed by atoms with Crippen molar-refractivity contribution in [2.45, 2.75) is 26.8 Å². The van der Waals surface area contributed by atoms with Crippen LogP contribution >= 0.6 is 0 Å². The van der Waals surface area contributed by atoms with Crippen LogP contribution in [0.5, 0.6) is 5.75 Å². The zero-order valence-corrected chi connectivity index (χ0v) is 11.2. The van der Waals surface area contributed by atoms with Gasteiger partial charge in [0, 0.05) is 0 Å². The SMILES string of the molecule is CCOc1ccc(C(C(=O)O)N(CC)CC)cc1. The number of benzene rings is 1. The molecule has 1 atom stereocenters. The van der Waals surface area contributed by atoms with Crippen LogP contribution in [0.1, 0.15) is 32.4 Å². The van der Waals surface area contributed by atoms with E-state index in [1.807, 2.05) is 49.9 Å². The lowest BCUT2D eigenvalue weighted by Gasteiger charge is -2.26. The van der Waals surface area contributed by atoms with Gasteiger partial charge in [-0.2, -0.15) is 0 Å². The average molecular weight is 251 g/mol. The van der Waals surface area contributed by atoms with Crippen molar-refractivity contribution in [3.8, 4) is 5.75 Å². The fourth-order valence-electron chi connectivity index (χ4n) is 2.01. The minimum atomic E-state index is -0.817. The summed E-state index contributed by atoms with van der Waals surface area (Å²) in [6.45, 7) is 7.88. The molecule has 1 N–H and O–H groups in total. The molecule has 0 aliphatic carbocycles. The van der Waals surface area contributed by atoms with Crippen LogP contribution in [0.25, 0.3) is 0 Å². The summed E-state index contributed by atoms with van der Waals surface area (Å²) in [5, 5.41) is 9.36. The molecule has 0 bridgehead atoms. The molecular formula is C14H21NO3. The van der Waals surface area contributed by atoms with Gasteiger partial charge in [-0.1, -0.05) is 26.0 Å². The first kappa shape index (κ1) is 14.5. The Bertz CT molecular complexity index is 371. The first-order chi connectivity index (χ1) is 8.63. The zero-order chi connectivity index (χ0) is 13.5. The Morgan fingerprint density at radius 2 is 1.78 bits per heavy atom. The molecule has 1 rings (SSSR count). The van der Waals surface area contributed by atoms with Gasteiger partial charge >= 0.3 is 5.97 Å². The van der Waals surface area contributed by atoms with E-state index in [0.717, 1.165) is 11.3 Å². The van der Waals surface area contributed by atoms with Crippen LogP contribution in [-0.2, 0) is 4.79 Å². The van der Waals surface area contributed by atoms with Crippen LogP contribution in [0, 0.1) is 0 Å². The predicted molar refractivity (Wildman–Crippen MR) is 70.9 cm³/mol. The van der Waals surface area contributed by atoms with Crippen LogP contribution in [0.3, 0.4) is 0 Å². The molecule has 1 aromatic carbocycles. The number of aliphatic carboxylic acids is 1. The van der Waals surface area contributed by atoms with Crippen molar-refractivity contribution in [3.05, 3.63) is 29.8 Å². The van der Waals surface area contributed by atoms with E-state index < -0.39 is 12.0 Å². The van der Waals surface area contributed by atoms with Gasteiger partial charge in [0.2, 0.25) is 0 Å².